The van der Waals surface area contributed by atoms with Crippen molar-refractivity contribution >= 4 is 5.84 Å². The summed E-state index contributed by atoms with van der Waals surface area (Å²) in [6, 6.07) is 0.560. The summed E-state index contributed by atoms with van der Waals surface area (Å²) in [5.74, 6) is 2.33. The van der Waals surface area contributed by atoms with E-state index >= 15 is 0 Å². The van der Waals surface area contributed by atoms with Crippen LogP contribution in [-0.2, 0) is 0 Å². The van der Waals surface area contributed by atoms with Crippen molar-refractivity contribution < 1.29 is 0 Å². The van der Waals surface area contributed by atoms with E-state index in [2.05, 4.69) is 32.6 Å². The number of hydrogen-bond donors (Lipinski definition) is 1. The molecule has 1 heterocycles. The molecule has 1 rings (SSSR count). The Morgan fingerprint density at radius 2 is 2.00 bits per heavy atom. The van der Waals surface area contributed by atoms with Crippen molar-refractivity contribution in [2.24, 2.45) is 11.8 Å². The average Bonchev–Trinajstić information content (AvgIpc) is 2.11. The summed E-state index contributed by atoms with van der Waals surface area (Å²) in [6.45, 7) is 10.1. The molecule has 0 amide bonds. The number of piperidine rings is 1. The van der Waals surface area contributed by atoms with Gasteiger partial charge in [-0.25, -0.2) is 0 Å². The summed E-state index contributed by atoms with van der Waals surface area (Å²) in [4.78, 5) is 2.31. The Bertz CT molecular complexity index is 200. The summed E-state index contributed by atoms with van der Waals surface area (Å²) >= 11 is 0. The van der Waals surface area contributed by atoms with Crippen LogP contribution in [0.2, 0.25) is 0 Å². The Balaban J connectivity index is 2.61. The van der Waals surface area contributed by atoms with Crippen molar-refractivity contribution in [1.29, 1.82) is 5.41 Å². The lowest BCUT2D eigenvalue weighted by atomic mass is 9.85. The largest absolute Gasteiger partial charge is 0.357 e. The fraction of sp³-hybridized carbons (Fsp3) is 0.917. The third kappa shape index (κ3) is 2.49. The van der Waals surface area contributed by atoms with Crippen LogP contribution >= 0.6 is 0 Å². The highest BCUT2D eigenvalue weighted by Crippen LogP contribution is 2.27. The zero-order chi connectivity index (χ0) is 10.7. The van der Waals surface area contributed by atoms with Gasteiger partial charge in [-0.1, -0.05) is 20.8 Å². The van der Waals surface area contributed by atoms with Crippen LogP contribution in [0.25, 0.3) is 0 Å². The highest BCUT2D eigenvalue weighted by molar-refractivity contribution is 5.79. The quantitative estimate of drug-likeness (QED) is 0.533. The number of rotatable bonds is 2. The molecule has 0 aliphatic carbocycles. The molecule has 0 bridgehead atoms. The lowest BCUT2D eigenvalue weighted by Gasteiger charge is -2.42. The topological polar surface area (TPSA) is 27.1 Å². The van der Waals surface area contributed by atoms with Gasteiger partial charge in [-0.2, -0.15) is 0 Å². The second kappa shape index (κ2) is 4.81. The highest BCUT2D eigenvalue weighted by Gasteiger charge is 2.29. The molecule has 0 aromatic rings. The summed E-state index contributed by atoms with van der Waals surface area (Å²) in [7, 11) is 0. The van der Waals surface area contributed by atoms with Crippen molar-refractivity contribution in [3.8, 4) is 0 Å². The van der Waals surface area contributed by atoms with E-state index in [1.54, 1.807) is 0 Å². The van der Waals surface area contributed by atoms with Gasteiger partial charge < -0.3 is 4.90 Å². The van der Waals surface area contributed by atoms with E-state index in [1.807, 2.05) is 0 Å². The predicted octanol–water partition coefficient (Wildman–Crippen LogP) is 3.13. The molecule has 2 nitrogen and oxygen atoms in total. The highest BCUT2D eigenvalue weighted by atomic mass is 15.2. The maximum absolute atomic E-state index is 8.02. The van der Waals surface area contributed by atoms with Gasteiger partial charge in [0.25, 0.3) is 0 Å². The van der Waals surface area contributed by atoms with Crippen LogP contribution in [-0.4, -0.2) is 23.3 Å². The molecule has 3 atom stereocenters. The maximum atomic E-state index is 8.02. The molecule has 14 heavy (non-hydrogen) atoms. The van der Waals surface area contributed by atoms with Crippen molar-refractivity contribution in [1.82, 2.24) is 4.90 Å². The first-order valence-corrected chi connectivity index (χ1v) is 5.90. The SMILES string of the molecule is CCCC(=N)N1CC(C)CC(C)C1C. The Morgan fingerprint density at radius 1 is 1.36 bits per heavy atom. The molecule has 0 radical (unpaired) electrons. The van der Waals surface area contributed by atoms with Crippen LogP contribution in [0, 0.1) is 17.2 Å². The molecule has 1 saturated heterocycles. The molecule has 0 spiro atoms. The van der Waals surface area contributed by atoms with Gasteiger partial charge in [0.1, 0.15) is 0 Å². The number of likely N-dealkylation sites (tertiary alicyclic amines) is 1. The first-order valence-electron chi connectivity index (χ1n) is 5.90. The Morgan fingerprint density at radius 3 is 2.57 bits per heavy atom. The van der Waals surface area contributed by atoms with E-state index in [1.165, 1.54) is 6.42 Å². The van der Waals surface area contributed by atoms with Gasteiger partial charge in [0.15, 0.2) is 0 Å². The van der Waals surface area contributed by atoms with E-state index in [0.717, 1.165) is 37.1 Å². The summed E-state index contributed by atoms with van der Waals surface area (Å²) in [5, 5.41) is 8.02. The zero-order valence-corrected chi connectivity index (χ0v) is 10.0. The van der Waals surface area contributed by atoms with Gasteiger partial charge in [0, 0.05) is 19.0 Å². The fourth-order valence-corrected chi connectivity index (χ4v) is 2.45. The Hall–Kier alpha value is -0.530. The third-order valence-corrected chi connectivity index (χ3v) is 3.43. The molecular formula is C12H24N2. The van der Waals surface area contributed by atoms with Gasteiger partial charge in [-0.3, -0.25) is 5.41 Å². The first-order chi connectivity index (χ1) is 6.56. The van der Waals surface area contributed by atoms with E-state index in [4.69, 9.17) is 5.41 Å². The fourth-order valence-electron chi connectivity index (χ4n) is 2.45. The molecule has 2 heteroatoms. The minimum atomic E-state index is 0.560. The summed E-state index contributed by atoms with van der Waals surface area (Å²) in [5.41, 5.74) is 0. The van der Waals surface area contributed by atoms with E-state index in [-0.39, 0.29) is 0 Å². The zero-order valence-electron chi connectivity index (χ0n) is 10.0. The van der Waals surface area contributed by atoms with Gasteiger partial charge in [-0.15, -0.1) is 0 Å². The predicted molar refractivity (Wildman–Crippen MR) is 61.7 cm³/mol. The lowest BCUT2D eigenvalue weighted by molar-refractivity contribution is 0.143. The number of amidine groups is 1. The van der Waals surface area contributed by atoms with Crippen molar-refractivity contribution in [2.45, 2.75) is 53.0 Å². The van der Waals surface area contributed by atoms with Gasteiger partial charge in [0.05, 0.1) is 5.84 Å². The summed E-state index contributed by atoms with van der Waals surface area (Å²) in [6.07, 6.45) is 3.34. The molecule has 1 N–H and O–H groups in total. The third-order valence-electron chi connectivity index (χ3n) is 3.43. The van der Waals surface area contributed by atoms with Gasteiger partial charge in [-0.05, 0) is 31.6 Å². The van der Waals surface area contributed by atoms with Crippen molar-refractivity contribution in [3.63, 3.8) is 0 Å². The van der Waals surface area contributed by atoms with E-state index in [9.17, 15) is 0 Å². The minimum Gasteiger partial charge on any atom is -0.357 e. The molecule has 3 unspecified atom stereocenters. The standard InChI is InChI=1S/C12H24N2/c1-5-6-12(13)14-8-9(2)7-10(3)11(14)4/h9-11,13H,5-8H2,1-4H3. The Kier molecular flexibility index (Phi) is 3.97. The number of nitrogens with one attached hydrogen (secondary N) is 1. The second-order valence-corrected chi connectivity index (χ2v) is 4.91. The van der Waals surface area contributed by atoms with Gasteiger partial charge >= 0.3 is 0 Å². The van der Waals surface area contributed by atoms with Crippen LogP contribution in [0.5, 0.6) is 0 Å². The smallest absolute Gasteiger partial charge is 0.0960 e. The van der Waals surface area contributed by atoms with Crippen LogP contribution in [0.15, 0.2) is 0 Å². The molecule has 1 aliphatic rings. The monoisotopic (exact) mass is 196 g/mol. The lowest BCUT2D eigenvalue weighted by Crippen LogP contribution is -2.48. The van der Waals surface area contributed by atoms with E-state index < -0.39 is 0 Å². The first kappa shape index (κ1) is 11.5. The number of hydrogen-bond acceptors (Lipinski definition) is 1. The van der Waals surface area contributed by atoms with Gasteiger partial charge in [0.2, 0.25) is 0 Å². The molecule has 82 valence electrons. The van der Waals surface area contributed by atoms with Crippen LogP contribution in [0.4, 0.5) is 0 Å². The average molecular weight is 196 g/mol. The normalized spacial score (nSPS) is 33.1. The Labute approximate surface area is 88.2 Å². The molecule has 0 aromatic heterocycles. The second-order valence-electron chi connectivity index (χ2n) is 4.91. The molecule has 0 saturated carbocycles. The van der Waals surface area contributed by atoms with Crippen molar-refractivity contribution in [2.75, 3.05) is 6.54 Å². The molecule has 1 aliphatic heterocycles. The molecule has 0 aromatic carbocycles. The minimum absolute atomic E-state index is 0.560. The van der Waals surface area contributed by atoms with Crippen LogP contribution in [0.3, 0.4) is 0 Å². The van der Waals surface area contributed by atoms with E-state index in [0.29, 0.717) is 6.04 Å². The number of nitrogens with zero attached hydrogens (tertiary/aromatic N) is 1. The molecule has 1 fully saturated rings. The van der Waals surface area contributed by atoms with Crippen LogP contribution < -0.4 is 0 Å². The maximum Gasteiger partial charge on any atom is 0.0960 e. The van der Waals surface area contributed by atoms with Crippen molar-refractivity contribution in [3.05, 3.63) is 0 Å². The summed E-state index contributed by atoms with van der Waals surface area (Å²) < 4.78 is 0. The molecular weight excluding hydrogens is 172 g/mol. The van der Waals surface area contributed by atoms with Crippen LogP contribution in [0.1, 0.15) is 47.0 Å².